The number of thiazole rings is 1. The Balaban J connectivity index is 1.28. The minimum Gasteiger partial charge on any atom is -0.353 e. The van der Waals surface area contributed by atoms with Gasteiger partial charge < -0.3 is 10.6 Å². The smallest absolute Gasteiger partial charge is 0.234 e. The second-order valence-corrected chi connectivity index (χ2v) is 11.9. The van der Waals surface area contributed by atoms with Crippen molar-refractivity contribution >= 4 is 73.9 Å². The van der Waals surface area contributed by atoms with E-state index in [1.807, 2.05) is 25.1 Å². The first-order chi connectivity index (χ1) is 15.0. The number of anilines is 1. The summed E-state index contributed by atoms with van der Waals surface area (Å²) in [5.41, 5.74) is 1.61. The van der Waals surface area contributed by atoms with Crippen LogP contribution in [0.4, 0.5) is 5.69 Å². The molecule has 1 aromatic carbocycles. The zero-order valence-electron chi connectivity index (χ0n) is 17.1. The zero-order chi connectivity index (χ0) is 21.6. The molecule has 0 aliphatic heterocycles. The lowest BCUT2D eigenvalue weighted by molar-refractivity contribution is -0.119. The van der Waals surface area contributed by atoms with E-state index in [4.69, 9.17) is 0 Å². The van der Waals surface area contributed by atoms with Crippen molar-refractivity contribution < 1.29 is 9.59 Å². The maximum atomic E-state index is 12.2. The second-order valence-electron chi connectivity index (χ2n) is 7.28. The van der Waals surface area contributed by atoms with Gasteiger partial charge >= 0.3 is 0 Å². The molecule has 1 aliphatic carbocycles. The molecule has 2 amide bonds. The number of rotatable bonds is 8. The molecule has 7 nitrogen and oxygen atoms in total. The molecule has 0 spiro atoms. The van der Waals surface area contributed by atoms with E-state index in [1.54, 1.807) is 0 Å². The lowest BCUT2D eigenvalue weighted by atomic mass is 9.95. The fraction of sp³-hybridized carbons (Fsp3) is 0.450. The third-order valence-electron chi connectivity index (χ3n) is 4.78. The van der Waals surface area contributed by atoms with Crippen LogP contribution in [-0.2, 0) is 9.59 Å². The predicted octanol–water partition coefficient (Wildman–Crippen LogP) is 4.73. The lowest BCUT2D eigenvalue weighted by Crippen LogP contribution is -2.37. The van der Waals surface area contributed by atoms with Crippen molar-refractivity contribution in [1.29, 1.82) is 0 Å². The fourth-order valence-electron chi connectivity index (χ4n) is 3.35. The maximum Gasteiger partial charge on any atom is 0.234 e. The molecule has 1 saturated carbocycles. The molecule has 164 valence electrons. The van der Waals surface area contributed by atoms with Crippen molar-refractivity contribution in [1.82, 2.24) is 20.5 Å². The van der Waals surface area contributed by atoms with E-state index in [1.165, 1.54) is 65.5 Å². The third kappa shape index (κ3) is 6.64. The highest BCUT2D eigenvalue weighted by Gasteiger charge is 2.16. The number of amides is 2. The standard InChI is InChI=1S/C20H23N5O2S4/c1-12-24-25-20(30-12)29-11-18(27)22-14-7-8-15-16(9-14)31-19(23-15)28-10-17(26)21-13-5-3-2-4-6-13/h7-9,13H,2-6,10-11H2,1H3,(H,21,26)(H,22,27). The lowest BCUT2D eigenvalue weighted by Gasteiger charge is -2.22. The summed E-state index contributed by atoms with van der Waals surface area (Å²) in [6.07, 6.45) is 5.86. The van der Waals surface area contributed by atoms with Gasteiger partial charge in [-0.05, 0) is 38.0 Å². The van der Waals surface area contributed by atoms with Gasteiger partial charge in [0.2, 0.25) is 11.8 Å². The van der Waals surface area contributed by atoms with Crippen LogP contribution < -0.4 is 10.6 Å². The number of hydrogen-bond acceptors (Lipinski definition) is 9. The maximum absolute atomic E-state index is 12.2. The van der Waals surface area contributed by atoms with Gasteiger partial charge in [0.15, 0.2) is 8.68 Å². The average Bonchev–Trinajstić information content (AvgIpc) is 3.36. The van der Waals surface area contributed by atoms with E-state index in [0.717, 1.165) is 42.4 Å². The minimum absolute atomic E-state index is 0.0761. The number of carbonyl (C=O) groups excluding carboxylic acids is 2. The van der Waals surface area contributed by atoms with Crippen LogP contribution in [0.15, 0.2) is 26.9 Å². The van der Waals surface area contributed by atoms with Gasteiger partial charge in [0.25, 0.3) is 0 Å². The monoisotopic (exact) mass is 493 g/mol. The molecule has 0 saturated heterocycles. The molecule has 31 heavy (non-hydrogen) atoms. The Morgan fingerprint density at radius 3 is 2.58 bits per heavy atom. The summed E-state index contributed by atoms with van der Waals surface area (Å²) < 4.78 is 2.64. The van der Waals surface area contributed by atoms with Crippen molar-refractivity contribution in [2.24, 2.45) is 0 Å². The van der Waals surface area contributed by atoms with Crippen molar-refractivity contribution in [3.8, 4) is 0 Å². The molecule has 0 unspecified atom stereocenters. The number of thioether (sulfide) groups is 2. The molecule has 1 fully saturated rings. The van der Waals surface area contributed by atoms with Crippen molar-refractivity contribution in [3.63, 3.8) is 0 Å². The summed E-state index contributed by atoms with van der Waals surface area (Å²) >= 11 is 5.86. The number of hydrogen-bond donors (Lipinski definition) is 2. The predicted molar refractivity (Wildman–Crippen MR) is 129 cm³/mol. The molecule has 11 heteroatoms. The summed E-state index contributed by atoms with van der Waals surface area (Å²) in [5.74, 6) is 0.650. The first-order valence-corrected chi connectivity index (χ1v) is 13.7. The Morgan fingerprint density at radius 2 is 1.81 bits per heavy atom. The highest BCUT2D eigenvalue weighted by atomic mass is 32.2. The fourth-order valence-corrected chi connectivity index (χ4v) is 6.88. The number of fused-ring (bicyclic) bond motifs is 1. The quantitative estimate of drug-likeness (QED) is 0.438. The molecule has 4 rings (SSSR count). The number of aryl methyl sites for hydroxylation is 1. The summed E-state index contributed by atoms with van der Waals surface area (Å²) in [5, 5.41) is 14.9. The van der Waals surface area contributed by atoms with Crippen molar-refractivity contribution in [2.75, 3.05) is 16.8 Å². The third-order valence-corrected chi connectivity index (χ3v) is 8.92. The minimum atomic E-state index is -0.0873. The Morgan fingerprint density at radius 1 is 1.03 bits per heavy atom. The Bertz CT molecular complexity index is 1060. The van der Waals surface area contributed by atoms with Gasteiger partial charge in [-0.25, -0.2) is 4.98 Å². The van der Waals surface area contributed by atoms with E-state index >= 15 is 0 Å². The normalized spacial score (nSPS) is 14.6. The van der Waals surface area contributed by atoms with Crippen molar-refractivity contribution in [3.05, 3.63) is 23.2 Å². The summed E-state index contributed by atoms with van der Waals surface area (Å²) in [6, 6.07) is 6.01. The molecule has 2 aromatic heterocycles. The van der Waals surface area contributed by atoms with Crippen LogP contribution in [0.25, 0.3) is 10.2 Å². The van der Waals surface area contributed by atoms with E-state index in [2.05, 4.69) is 25.8 Å². The van der Waals surface area contributed by atoms with Crippen LogP contribution in [0.1, 0.15) is 37.1 Å². The van der Waals surface area contributed by atoms with E-state index in [9.17, 15) is 9.59 Å². The van der Waals surface area contributed by atoms with Gasteiger partial charge in [-0.15, -0.1) is 21.5 Å². The van der Waals surface area contributed by atoms with E-state index in [-0.39, 0.29) is 17.6 Å². The van der Waals surface area contributed by atoms with Crippen LogP contribution in [0.3, 0.4) is 0 Å². The summed E-state index contributed by atoms with van der Waals surface area (Å²) in [7, 11) is 0. The Hall–Kier alpha value is -1.69. The van der Waals surface area contributed by atoms with Crippen LogP contribution in [0.2, 0.25) is 0 Å². The number of benzene rings is 1. The van der Waals surface area contributed by atoms with Gasteiger partial charge in [-0.1, -0.05) is 54.1 Å². The van der Waals surface area contributed by atoms with Crippen molar-refractivity contribution in [2.45, 2.75) is 53.7 Å². The number of aromatic nitrogens is 3. The van der Waals surface area contributed by atoms with E-state index in [0.29, 0.717) is 11.8 Å². The molecule has 0 atom stereocenters. The molecule has 0 radical (unpaired) electrons. The van der Waals surface area contributed by atoms with E-state index < -0.39 is 0 Å². The number of nitrogens with zero attached hydrogens (tertiary/aromatic N) is 3. The van der Waals surface area contributed by atoms with Crippen LogP contribution in [-0.4, -0.2) is 44.5 Å². The van der Waals surface area contributed by atoms with Gasteiger partial charge in [0.05, 0.1) is 21.7 Å². The molecular weight excluding hydrogens is 471 g/mol. The van der Waals surface area contributed by atoms with Gasteiger partial charge in [0, 0.05) is 11.7 Å². The molecule has 2 N–H and O–H groups in total. The van der Waals surface area contributed by atoms with Gasteiger partial charge in [0.1, 0.15) is 5.01 Å². The largest absolute Gasteiger partial charge is 0.353 e. The molecule has 2 heterocycles. The first kappa shape index (κ1) is 22.5. The van der Waals surface area contributed by atoms with Crippen LogP contribution in [0, 0.1) is 6.92 Å². The number of nitrogens with one attached hydrogen (secondary N) is 2. The highest BCUT2D eigenvalue weighted by molar-refractivity contribution is 8.02. The van der Waals surface area contributed by atoms with Crippen LogP contribution >= 0.6 is 46.2 Å². The average molecular weight is 494 g/mol. The highest BCUT2D eigenvalue weighted by Crippen LogP contribution is 2.31. The van der Waals surface area contributed by atoms with Gasteiger partial charge in [-0.2, -0.15) is 0 Å². The molecular formula is C20H23N5O2S4. The topological polar surface area (TPSA) is 96.9 Å². The summed E-state index contributed by atoms with van der Waals surface area (Å²) in [4.78, 5) is 29.1. The second kappa shape index (κ2) is 10.8. The first-order valence-electron chi connectivity index (χ1n) is 10.1. The zero-order valence-corrected chi connectivity index (χ0v) is 20.3. The van der Waals surface area contributed by atoms with Crippen LogP contribution in [0.5, 0.6) is 0 Å². The SMILES string of the molecule is Cc1nnc(SCC(=O)Nc2ccc3nc(SCC(=O)NC4CCCCC4)sc3c2)s1. The Labute approximate surface area is 197 Å². The summed E-state index contributed by atoms with van der Waals surface area (Å²) in [6.45, 7) is 1.89. The Kier molecular flexibility index (Phi) is 7.81. The van der Waals surface area contributed by atoms with Gasteiger partial charge in [-0.3, -0.25) is 9.59 Å². The molecule has 3 aromatic rings. The number of carbonyl (C=O) groups is 2. The molecule has 1 aliphatic rings. The molecule has 0 bridgehead atoms.